The lowest BCUT2D eigenvalue weighted by Crippen LogP contribution is -2.56. The van der Waals surface area contributed by atoms with Crippen molar-refractivity contribution in [2.24, 2.45) is 5.41 Å². The quantitative estimate of drug-likeness (QED) is 0.866. The Morgan fingerprint density at radius 1 is 1.29 bits per heavy atom. The zero-order chi connectivity index (χ0) is 15.7. The summed E-state index contributed by atoms with van der Waals surface area (Å²) in [6.45, 7) is 7.14. The van der Waals surface area contributed by atoms with Gasteiger partial charge in [-0.05, 0) is 42.3 Å². The number of para-hydroxylation sites is 1. The SMILES string of the molecule is CCNC1CC(c2ccccc2OC(F)(F)F)C1(C)CC. The van der Waals surface area contributed by atoms with Crippen molar-refractivity contribution < 1.29 is 17.9 Å². The van der Waals surface area contributed by atoms with Crippen LogP contribution in [0.4, 0.5) is 13.2 Å². The van der Waals surface area contributed by atoms with Crippen LogP contribution < -0.4 is 10.1 Å². The summed E-state index contributed by atoms with van der Waals surface area (Å²) in [5.41, 5.74) is 0.620. The molecule has 1 saturated carbocycles. The van der Waals surface area contributed by atoms with Gasteiger partial charge in [-0.1, -0.05) is 39.0 Å². The van der Waals surface area contributed by atoms with Crippen molar-refractivity contribution in [2.75, 3.05) is 6.54 Å². The highest BCUT2D eigenvalue weighted by atomic mass is 19.4. The first-order valence-corrected chi connectivity index (χ1v) is 7.40. The number of hydrogen-bond acceptors (Lipinski definition) is 2. The molecule has 0 heterocycles. The number of ether oxygens (including phenoxy) is 1. The highest BCUT2D eigenvalue weighted by molar-refractivity contribution is 5.40. The molecule has 0 spiro atoms. The summed E-state index contributed by atoms with van der Waals surface area (Å²) in [7, 11) is 0. The Kier molecular flexibility index (Phi) is 4.51. The molecule has 1 aromatic rings. The van der Waals surface area contributed by atoms with Crippen LogP contribution in [0, 0.1) is 5.41 Å². The van der Waals surface area contributed by atoms with Crippen molar-refractivity contribution in [3.63, 3.8) is 0 Å². The van der Waals surface area contributed by atoms with E-state index in [0.29, 0.717) is 11.6 Å². The van der Waals surface area contributed by atoms with Crippen LogP contribution in [-0.2, 0) is 0 Å². The molecule has 1 aliphatic carbocycles. The van der Waals surface area contributed by atoms with Gasteiger partial charge in [0.15, 0.2) is 0 Å². The molecule has 0 aliphatic heterocycles. The van der Waals surface area contributed by atoms with Gasteiger partial charge in [-0.2, -0.15) is 0 Å². The second kappa shape index (κ2) is 5.87. The minimum Gasteiger partial charge on any atom is -0.405 e. The maximum Gasteiger partial charge on any atom is 0.573 e. The third kappa shape index (κ3) is 3.18. The van der Waals surface area contributed by atoms with Gasteiger partial charge in [0.1, 0.15) is 5.75 Å². The monoisotopic (exact) mass is 301 g/mol. The fourth-order valence-electron chi connectivity index (χ4n) is 3.38. The molecule has 0 saturated heterocycles. The number of alkyl halides is 3. The predicted molar refractivity (Wildman–Crippen MR) is 76.3 cm³/mol. The predicted octanol–water partition coefficient (Wildman–Crippen LogP) is 4.47. The van der Waals surface area contributed by atoms with Crippen LogP contribution in [-0.4, -0.2) is 18.9 Å². The van der Waals surface area contributed by atoms with Crippen LogP contribution in [0.2, 0.25) is 0 Å². The van der Waals surface area contributed by atoms with Gasteiger partial charge in [0.25, 0.3) is 0 Å². The van der Waals surface area contributed by atoms with E-state index in [1.165, 1.54) is 6.07 Å². The molecule has 1 aromatic carbocycles. The molecule has 3 atom stereocenters. The molecule has 0 amide bonds. The van der Waals surface area contributed by atoms with E-state index < -0.39 is 6.36 Å². The second-order valence-electron chi connectivity index (χ2n) is 5.84. The highest BCUT2D eigenvalue weighted by Crippen LogP contribution is 2.56. The van der Waals surface area contributed by atoms with E-state index in [4.69, 9.17) is 0 Å². The van der Waals surface area contributed by atoms with Gasteiger partial charge >= 0.3 is 6.36 Å². The number of hydrogen-bond donors (Lipinski definition) is 1. The van der Waals surface area contributed by atoms with Crippen molar-refractivity contribution >= 4 is 0 Å². The molecule has 1 N–H and O–H groups in total. The smallest absolute Gasteiger partial charge is 0.405 e. The van der Waals surface area contributed by atoms with Gasteiger partial charge in [0.05, 0.1) is 0 Å². The Morgan fingerprint density at radius 2 is 1.95 bits per heavy atom. The van der Waals surface area contributed by atoms with E-state index in [2.05, 4.69) is 23.9 Å². The summed E-state index contributed by atoms with van der Waals surface area (Å²) in [5, 5.41) is 3.43. The fraction of sp³-hybridized carbons (Fsp3) is 0.625. The van der Waals surface area contributed by atoms with Crippen molar-refractivity contribution in [2.45, 2.75) is 51.9 Å². The van der Waals surface area contributed by atoms with E-state index in [-0.39, 0.29) is 17.1 Å². The van der Waals surface area contributed by atoms with Crippen LogP contribution >= 0.6 is 0 Å². The molecule has 1 aliphatic rings. The largest absolute Gasteiger partial charge is 0.573 e. The van der Waals surface area contributed by atoms with Crippen molar-refractivity contribution in [1.82, 2.24) is 5.32 Å². The Labute approximate surface area is 123 Å². The molecule has 21 heavy (non-hydrogen) atoms. The topological polar surface area (TPSA) is 21.3 Å². The zero-order valence-electron chi connectivity index (χ0n) is 12.6. The first-order valence-electron chi connectivity index (χ1n) is 7.40. The first-order chi connectivity index (χ1) is 9.81. The minimum atomic E-state index is -4.65. The standard InChI is InChI=1S/C16H22F3NO/c1-4-15(3)12(10-14(15)20-5-2)11-8-6-7-9-13(11)21-16(17,18)19/h6-9,12,14,20H,4-5,10H2,1-3H3. The van der Waals surface area contributed by atoms with E-state index in [9.17, 15) is 13.2 Å². The number of halogens is 3. The third-order valence-corrected chi connectivity index (χ3v) is 4.80. The summed E-state index contributed by atoms with van der Waals surface area (Å²) in [5.74, 6) is 0.0229. The number of benzene rings is 1. The van der Waals surface area contributed by atoms with Crippen LogP contribution in [0.15, 0.2) is 24.3 Å². The van der Waals surface area contributed by atoms with E-state index in [1.807, 2.05) is 6.92 Å². The molecule has 0 bridgehead atoms. The first kappa shape index (κ1) is 16.1. The fourth-order valence-corrected chi connectivity index (χ4v) is 3.38. The third-order valence-electron chi connectivity index (χ3n) is 4.80. The summed E-state index contributed by atoms with van der Waals surface area (Å²) in [4.78, 5) is 0. The van der Waals surface area contributed by atoms with Crippen LogP contribution in [0.25, 0.3) is 0 Å². The normalized spacial score (nSPS) is 29.0. The zero-order valence-corrected chi connectivity index (χ0v) is 12.6. The maximum atomic E-state index is 12.5. The molecule has 0 aromatic heterocycles. The lowest BCUT2D eigenvalue weighted by molar-refractivity contribution is -0.275. The molecular formula is C16H22F3NO. The van der Waals surface area contributed by atoms with Crippen molar-refractivity contribution in [3.05, 3.63) is 29.8 Å². The van der Waals surface area contributed by atoms with Gasteiger partial charge in [-0.25, -0.2) is 0 Å². The van der Waals surface area contributed by atoms with Gasteiger partial charge in [-0.3, -0.25) is 0 Å². The Morgan fingerprint density at radius 3 is 2.52 bits per heavy atom. The second-order valence-corrected chi connectivity index (χ2v) is 5.84. The molecular weight excluding hydrogens is 279 g/mol. The van der Waals surface area contributed by atoms with Gasteiger partial charge < -0.3 is 10.1 Å². The van der Waals surface area contributed by atoms with Crippen molar-refractivity contribution in [1.29, 1.82) is 0 Å². The van der Waals surface area contributed by atoms with Gasteiger partial charge in [0, 0.05) is 6.04 Å². The molecule has 2 rings (SSSR count). The van der Waals surface area contributed by atoms with E-state index in [1.54, 1.807) is 18.2 Å². The molecule has 3 unspecified atom stereocenters. The van der Waals surface area contributed by atoms with E-state index in [0.717, 1.165) is 19.4 Å². The van der Waals surface area contributed by atoms with Crippen LogP contribution in [0.1, 0.15) is 45.1 Å². The highest BCUT2D eigenvalue weighted by Gasteiger charge is 2.51. The summed E-state index contributed by atoms with van der Waals surface area (Å²) in [6, 6.07) is 6.85. The lowest BCUT2D eigenvalue weighted by atomic mass is 9.54. The molecule has 0 radical (unpaired) electrons. The Bertz CT molecular complexity index is 489. The van der Waals surface area contributed by atoms with Crippen LogP contribution in [0.5, 0.6) is 5.75 Å². The summed E-state index contributed by atoms with van der Waals surface area (Å²) < 4.78 is 41.8. The molecule has 2 nitrogen and oxygen atoms in total. The number of nitrogens with one attached hydrogen (secondary N) is 1. The maximum absolute atomic E-state index is 12.5. The molecule has 118 valence electrons. The van der Waals surface area contributed by atoms with Crippen molar-refractivity contribution in [3.8, 4) is 5.75 Å². The number of rotatable bonds is 5. The lowest BCUT2D eigenvalue weighted by Gasteiger charge is -2.55. The molecule has 1 fully saturated rings. The van der Waals surface area contributed by atoms with Crippen LogP contribution in [0.3, 0.4) is 0 Å². The average molecular weight is 301 g/mol. The van der Waals surface area contributed by atoms with Gasteiger partial charge in [0.2, 0.25) is 0 Å². The Balaban J connectivity index is 2.27. The van der Waals surface area contributed by atoms with E-state index >= 15 is 0 Å². The van der Waals surface area contributed by atoms with Gasteiger partial charge in [-0.15, -0.1) is 13.2 Å². The minimum absolute atomic E-state index is 0.0406. The summed E-state index contributed by atoms with van der Waals surface area (Å²) >= 11 is 0. The molecule has 5 heteroatoms. The average Bonchev–Trinajstić information content (AvgIpc) is 2.41. The Hall–Kier alpha value is -1.23. The summed E-state index contributed by atoms with van der Waals surface area (Å²) in [6.07, 6.45) is -2.89.